The number of aromatic nitrogens is 2. The summed E-state index contributed by atoms with van der Waals surface area (Å²) in [6.45, 7) is 4.13. The van der Waals surface area contributed by atoms with Crippen LogP contribution >= 0.6 is 0 Å². The van der Waals surface area contributed by atoms with Crippen molar-refractivity contribution in [1.29, 1.82) is 0 Å². The SMILES string of the molecule is Cc1cc(CN)cc(S(=O)(=O)NCCc2ncno2)c1C. The largest absolute Gasteiger partial charge is 0.340 e. The van der Waals surface area contributed by atoms with Crippen molar-refractivity contribution in [2.24, 2.45) is 5.73 Å². The number of aryl methyl sites for hydroxylation is 1. The molecule has 114 valence electrons. The maximum atomic E-state index is 12.4. The van der Waals surface area contributed by atoms with Crippen molar-refractivity contribution in [2.45, 2.75) is 31.7 Å². The van der Waals surface area contributed by atoms with Gasteiger partial charge in [0.1, 0.15) is 0 Å². The molecule has 21 heavy (non-hydrogen) atoms. The second-order valence-electron chi connectivity index (χ2n) is 4.72. The van der Waals surface area contributed by atoms with Crippen molar-refractivity contribution in [1.82, 2.24) is 14.9 Å². The van der Waals surface area contributed by atoms with Crippen LogP contribution in [0, 0.1) is 13.8 Å². The molecular formula is C13H18N4O3S. The van der Waals surface area contributed by atoms with E-state index >= 15 is 0 Å². The second-order valence-corrected chi connectivity index (χ2v) is 6.46. The molecule has 0 aliphatic rings. The third kappa shape index (κ3) is 3.66. The fourth-order valence-electron chi connectivity index (χ4n) is 1.97. The number of nitrogens with zero attached hydrogens (tertiary/aromatic N) is 2. The number of sulfonamides is 1. The molecule has 0 bridgehead atoms. The molecule has 0 fully saturated rings. The van der Waals surface area contributed by atoms with E-state index in [2.05, 4.69) is 14.9 Å². The highest BCUT2D eigenvalue weighted by Crippen LogP contribution is 2.20. The van der Waals surface area contributed by atoms with Crippen LogP contribution in [0.5, 0.6) is 0 Å². The molecule has 1 aromatic heterocycles. The molecule has 0 saturated carbocycles. The summed E-state index contributed by atoms with van der Waals surface area (Å²) in [5, 5.41) is 3.47. The molecule has 8 heteroatoms. The van der Waals surface area contributed by atoms with Gasteiger partial charge in [0.15, 0.2) is 6.33 Å². The number of benzene rings is 1. The van der Waals surface area contributed by atoms with Crippen LogP contribution in [0.4, 0.5) is 0 Å². The molecule has 1 heterocycles. The predicted octanol–water partition coefficient (Wildman–Crippen LogP) is 0.666. The van der Waals surface area contributed by atoms with Crippen LogP contribution < -0.4 is 10.5 Å². The number of nitrogens with one attached hydrogen (secondary N) is 1. The van der Waals surface area contributed by atoms with Crippen LogP contribution in [-0.4, -0.2) is 25.1 Å². The van der Waals surface area contributed by atoms with E-state index in [-0.39, 0.29) is 11.4 Å². The van der Waals surface area contributed by atoms with Gasteiger partial charge in [0.05, 0.1) is 4.90 Å². The Bertz CT molecular complexity index is 711. The summed E-state index contributed by atoms with van der Waals surface area (Å²) >= 11 is 0. The van der Waals surface area contributed by atoms with Crippen LogP contribution in [0.2, 0.25) is 0 Å². The fourth-order valence-corrected chi connectivity index (χ4v) is 3.37. The van der Waals surface area contributed by atoms with Gasteiger partial charge in [-0.05, 0) is 36.6 Å². The monoisotopic (exact) mass is 310 g/mol. The van der Waals surface area contributed by atoms with Gasteiger partial charge in [0.2, 0.25) is 15.9 Å². The molecule has 0 radical (unpaired) electrons. The standard InChI is InChI=1S/C13H18N4O3S/c1-9-5-11(7-14)6-12(10(9)2)21(18,19)17-4-3-13-15-8-16-20-13/h5-6,8,17H,3-4,7,14H2,1-2H3. The van der Waals surface area contributed by atoms with E-state index < -0.39 is 10.0 Å². The van der Waals surface area contributed by atoms with Gasteiger partial charge < -0.3 is 10.3 Å². The molecule has 0 atom stereocenters. The summed E-state index contributed by atoms with van der Waals surface area (Å²) < 4.78 is 32.1. The van der Waals surface area contributed by atoms with Crippen LogP contribution in [-0.2, 0) is 23.0 Å². The Morgan fingerprint density at radius 2 is 2.10 bits per heavy atom. The molecule has 1 aromatic carbocycles. The minimum Gasteiger partial charge on any atom is -0.340 e. The van der Waals surface area contributed by atoms with Crippen LogP contribution in [0.1, 0.15) is 22.6 Å². The smallest absolute Gasteiger partial charge is 0.240 e. The molecule has 0 aliphatic heterocycles. The molecule has 2 rings (SSSR count). The maximum absolute atomic E-state index is 12.4. The third-order valence-corrected chi connectivity index (χ3v) is 4.83. The van der Waals surface area contributed by atoms with Crippen molar-refractivity contribution >= 4 is 10.0 Å². The van der Waals surface area contributed by atoms with E-state index in [0.717, 1.165) is 16.7 Å². The Balaban J connectivity index is 2.17. The average Bonchev–Trinajstić information content (AvgIpc) is 2.94. The third-order valence-electron chi connectivity index (χ3n) is 3.24. The maximum Gasteiger partial charge on any atom is 0.240 e. The highest BCUT2D eigenvalue weighted by atomic mass is 32.2. The van der Waals surface area contributed by atoms with Gasteiger partial charge in [-0.25, -0.2) is 13.1 Å². The Morgan fingerprint density at radius 3 is 2.71 bits per heavy atom. The Morgan fingerprint density at radius 1 is 1.33 bits per heavy atom. The molecule has 7 nitrogen and oxygen atoms in total. The van der Waals surface area contributed by atoms with Gasteiger partial charge in [-0.15, -0.1) is 0 Å². The first-order chi connectivity index (χ1) is 9.94. The van der Waals surface area contributed by atoms with Gasteiger partial charge >= 0.3 is 0 Å². The summed E-state index contributed by atoms with van der Waals surface area (Å²) in [4.78, 5) is 4.10. The molecule has 0 spiro atoms. The Labute approximate surface area is 123 Å². The van der Waals surface area contributed by atoms with Gasteiger partial charge in [-0.3, -0.25) is 0 Å². The second kappa shape index (κ2) is 6.33. The lowest BCUT2D eigenvalue weighted by molar-refractivity contribution is 0.377. The van der Waals surface area contributed by atoms with Crippen molar-refractivity contribution < 1.29 is 12.9 Å². The first-order valence-electron chi connectivity index (χ1n) is 6.49. The summed E-state index contributed by atoms with van der Waals surface area (Å²) in [5.41, 5.74) is 8.01. The topological polar surface area (TPSA) is 111 Å². The van der Waals surface area contributed by atoms with Crippen molar-refractivity contribution in [3.63, 3.8) is 0 Å². The molecule has 0 unspecified atom stereocenters. The van der Waals surface area contributed by atoms with Gasteiger partial charge in [-0.2, -0.15) is 4.98 Å². The van der Waals surface area contributed by atoms with E-state index in [1.807, 2.05) is 13.0 Å². The first-order valence-corrected chi connectivity index (χ1v) is 7.98. The molecule has 0 saturated heterocycles. The van der Waals surface area contributed by atoms with Crippen LogP contribution in [0.15, 0.2) is 27.9 Å². The summed E-state index contributed by atoms with van der Waals surface area (Å²) in [5.74, 6) is 0.390. The lowest BCUT2D eigenvalue weighted by atomic mass is 10.1. The zero-order valence-corrected chi connectivity index (χ0v) is 12.8. The lowest BCUT2D eigenvalue weighted by Gasteiger charge is -2.12. The van der Waals surface area contributed by atoms with Gasteiger partial charge in [-0.1, -0.05) is 11.2 Å². The average molecular weight is 310 g/mol. The lowest BCUT2D eigenvalue weighted by Crippen LogP contribution is -2.27. The summed E-state index contributed by atoms with van der Waals surface area (Å²) in [7, 11) is -3.59. The Hall–Kier alpha value is -1.77. The minimum absolute atomic E-state index is 0.190. The fraction of sp³-hybridized carbons (Fsp3) is 0.385. The number of hydrogen-bond donors (Lipinski definition) is 2. The zero-order chi connectivity index (χ0) is 15.5. The van der Waals surface area contributed by atoms with E-state index in [0.29, 0.717) is 18.9 Å². The summed E-state index contributed by atoms with van der Waals surface area (Å²) in [6.07, 6.45) is 1.62. The Kier molecular flexibility index (Phi) is 4.71. The molecule has 0 aliphatic carbocycles. The number of nitrogens with two attached hydrogens (primary N) is 1. The van der Waals surface area contributed by atoms with E-state index in [1.165, 1.54) is 6.33 Å². The zero-order valence-electron chi connectivity index (χ0n) is 12.0. The molecular weight excluding hydrogens is 292 g/mol. The van der Waals surface area contributed by atoms with Gasteiger partial charge in [0, 0.05) is 19.5 Å². The predicted molar refractivity (Wildman–Crippen MR) is 77.0 cm³/mol. The number of hydrogen-bond acceptors (Lipinski definition) is 6. The highest BCUT2D eigenvalue weighted by Gasteiger charge is 2.18. The van der Waals surface area contributed by atoms with E-state index in [4.69, 9.17) is 10.3 Å². The van der Waals surface area contributed by atoms with Crippen LogP contribution in [0.3, 0.4) is 0 Å². The minimum atomic E-state index is -3.59. The van der Waals surface area contributed by atoms with E-state index in [9.17, 15) is 8.42 Å². The van der Waals surface area contributed by atoms with Crippen molar-refractivity contribution in [3.05, 3.63) is 41.0 Å². The molecule has 3 N–H and O–H groups in total. The molecule has 2 aromatic rings. The highest BCUT2D eigenvalue weighted by molar-refractivity contribution is 7.89. The van der Waals surface area contributed by atoms with Gasteiger partial charge in [0.25, 0.3) is 0 Å². The quantitative estimate of drug-likeness (QED) is 0.811. The molecule has 0 amide bonds. The van der Waals surface area contributed by atoms with Crippen LogP contribution in [0.25, 0.3) is 0 Å². The van der Waals surface area contributed by atoms with Crippen molar-refractivity contribution in [3.8, 4) is 0 Å². The van der Waals surface area contributed by atoms with E-state index in [1.54, 1.807) is 13.0 Å². The summed E-state index contributed by atoms with van der Waals surface area (Å²) in [6, 6.07) is 3.50. The first kappa shape index (κ1) is 15.6. The van der Waals surface area contributed by atoms with Crippen molar-refractivity contribution in [2.75, 3.05) is 6.54 Å². The normalized spacial score (nSPS) is 11.8. The number of rotatable bonds is 6.